The van der Waals surface area contributed by atoms with Gasteiger partial charge in [0.05, 0.1) is 6.54 Å². The van der Waals surface area contributed by atoms with Gasteiger partial charge in [-0.05, 0) is 53.9 Å². The van der Waals surface area contributed by atoms with Crippen LogP contribution in [-0.2, 0) is 13.1 Å². The van der Waals surface area contributed by atoms with E-state index in [4.69, 9.17) is 0 Å². The summed E-state index contributed by atoms with van der Waals surface area (Å²) < 4.78 is 3.09. The summed E-state index contributed by atoms with van der Waals surface area (Å²) in [5.41, 5.74) is 1.38. The van der Waals surface area contributed by atoms with Gasteiger partial charge in [-0.15, -0.1) is 5.10 Å². The summed E-state index contributed by atoms with van der Waals surface area (Å²) in [7, 11) is 0. The largest absolute Gasteiger partial charge is 0.289 e. The molecule has 1 unspecified atom stereocenters. The molecule has 0 saturated carbocycles. The van der Waals surface area contributed by atoms with Crippen LogP contribution >= 0.6 is 15.9 Å². The number of likely N-dealkylation sites (tertiary alicyclic amines) is 1. The third kappa shape index (κ3) is 3.55. The summed E-state index contributed by atoms with van der Waals surface area (Å²) >= 11 is 3.51. The summed E-state index contributed by atoms with van der Waals surface area (Å²) in [4.78, 5) is 2.50. The van der Waals surface area contributed by atoms with Crippen molar-refractivity contribution in [2.75, 3.05) is 6.54 Å². The van der Waals surface area contributed by atoms with Crippen molar-refractivity contribution in [3.8, 4) is 0 Å². The lowest BCUT2D eigenvalue weighted by Crippen LogP contribution is -2.25. The summed E-state index contributed by atoms with van der Waals surface area (Å²) in [6.45, 7) is 5.04. The van der Waals surface area contributed by atoms with Gasteiger partial charge in [-0.25, -0.2) is 4.68 Å². The van der Waals surface area contributed by atoms with Gasteiger partial charge in [0, 0.05) is 17.1 Å². The SMILES string of the molecule is CCCCn1nnnc1CN1CCCC1c1ccc(Br)cc1. The van der Waals surface area contributed by atoms with Gasteiger partial charge in [0.2, 0.25) is 0 Å². The van der Waals surface area contributed by atoms with Gasteiger partial charge in [0.25, 0.3) is 0 Å². The molecule has 0 radical (unpaired) electrons. The zero-order valence-electron chi connectivity index (χ0n) is 13.0. The molecule has 5 nitrogen and oxygen atoms in total. The van der Waals surface area contributed by atoms with Gasteiger partial charge < -0.3 is 0 Å². The Bertz CT molecular complexity index is 595. The molecule has 22 heavy (non-hydrogen) atoms. The second-order valence-electron chi connectivity index (χ2n) is 5.85. The molecule has 1 aliphatic heterocycles. The highest BCUT2D eigenvalue weighted by Gasteiger charge is 2.27. The van der Waals surface area contributed by atoms with Gasteiger partial charge in [-0.3, -0.25) is 4.90 Å². The number of tetrazole rings is 1. The maximum Gasteiger partial charge on any atom is 0.165 e. The van der Waals surface area contributed by atoms with Gasteiger partial charge in [0.1, 0.15) is 0 Å². The minimum absolute atomic E-state index is 0.476. The molecule has 0 N–H and O–H groups in total. The van der Waals surface area contributed by atoms with Crippen LogP contribution in [0.25, 0.3) is 0 Å². The van der Waals surface area contributed by atoms with Crippen LogP contribution in [0.5, 0.6) is 0 Å². The van der Waals surface area contributed by atoms with Crippen LogP contribution in [0.3, 0.4) is 0 Å². The van der Waals surface area contributed by atoms with Crippen molar-refractivity contribution < 1.29 is 0 Å². The van der Waals surface area contributed by atoms with Gasteiger partial charge >= 0.3 is 0 Å². The van der Waals surface area contributed by atoms with E-state index in [0.29, 0.717) is 6.04 Å². The Balaban J connectivity index is 1.71. The van der Waals surface area contributed by atoms with Crippen LogP contribution in [0.4, 0.5) is 0 Å². The first-order chi connectivity index (χ1) is 10.8. The van der Waals surface area contributed by atoms with Crippen molar-refractivity contribution in [2.24, 2.45) is 0 Å². The Labute approximate surface area is 139 Å². The second-order valence-corrected chi connectivity index (χ2v) is 6.77. The van der Waals surface area contributed by atoms with E-state index in [1.165, 1.54) is 18.4 Å². The second kappa shape index (κ2) is 7.33. The molecule has 2 aromatic rings. The Morgan fingerprint density at radius 2 is 2.09 bits per heavy atom. The molecule has 0 bridgehead atoms. The number of aryl methyl sites for hydroxylation is 1. The first-order valence-electron chi connectivity index (χ1n) is 8.02. The lowest BCUT2D eigenvalue weighted by atomic mass is 10.0. The summed E-state index contributed by atoms with van der Waals surface area (Å²) in [5.74, 6) is 0.984. The number of rotatable bonds is 6. The van der Waals surface area contributed by atoms with Crippen molar-refractivity contribution in [2.45, 2.75) is 51.7 Å². The van der Waals surface area contributed by atoms with E-state index in [1.807, 2.05) is 4.68 Å². The van der Waals surface area contributed by atoms with Crippen molar-refractivity contribution in [1.82, 2.24) is 25.1 Å². The number of hydrogen-bond acceptors (Lipinski definition) is 4. The zero-order valence-corrected chi connectivity index (χ0v) is 14.5. The Morgan fingerprint density at radius 3 is 2.86 bits per heavy atom. The van der Waals surface area contributed by atoms with Crippen LogP contribution in [0.1, 0.15) is 50.0 Å². The van der Waals surface area contributed by atoms with E-state index in [0.717, 1.165) is 42.8 Å². The predicted molar refractivity (Wildman–Crippen MR) is 89.3 cm³/mol. The molecule has 2 heterocycles. The van der Waals surface area contributed by atoms with E-state index < -0.39 is 0 Å². The van der Waals surface area contributed by atoms with Crippen LogP contribution < -0.4 is 0 Å². The molecule has 1 aromatic carbocycles. The predicted octanol–water partition coefficient (Wildman–Crippen LogP) is 3.57. The molecule has 1 saturated heterocycles. The summed E-state index contributed by atoms with van der Waals surface area (Å²) in [5, 5.41) is 12.2. The molecule has 0 aliphatic carbocycles. The fraction of sp³-hybridized carbons (Fsp3) is 0.562. The van der Waals surface area contributed by atoms with E-state index in [1.54, 1.807) is 0 Å². The Morgan fingerprint density at radius 1 is 1.27 bits per heavy atom. The first-order valence-corrected chi connectivity index (χ1v) is 8.82. The molecule has 6 heteroatoms. The van der Waals surface area contributed by atoms with E-state index in [-0.39, 0.29) is 0 Å². The molecule has 3 rings (SSSR count). The number of halogens is 1. The average Bonchev–Trinajstić information content (AvgIpc) is 3.16. The summed E-state index contributed by atoms with van der Waals surface area (Å²) in [6, 6.07) is 9.15. The van der Waals surface area contributed by atoms with E-state index >= 15 is 0 Å². The van der Waals surface area contributed by atoms with Crippen molar-refractivity contribution in [1.29, 1.82) is 0 Å². The first kappa shape index (κ1) is 15.6. The molecular formula is C16H22BrN5. The topological polar surface area (TPSA) is 46.8 Å². The third-order valence-electron chi connectivity index (χ3n) is 4.29. The van der Waals surface area contributed by atoms with E-state index in [2.05, 4.69) is 67.5 Å². The van der Waals surface area contributed by atoms with Crippen LogP contribution in [0, 0.1) is 0 Å². The minimum atomic E-state index is 0.476. The maximum atomic E-state index is 4.23. The van der Waals surface area contributed by atoms with Gasteiger partial charge in [-0.2, -0.15) is 0 Å². The Kier molecular flexibility index (Phi) is 5.20. The minimum Gasteiger partial charge on any atom is -0.289 e. The lowest BCUT2D eigenvalue weighted by molar-refractivity contribution is 0.237. The highest BCUT2D eigenvalue weighted by Crippen LogP contribution is 2.33. The zero-order chi connectivity index (χ0) is 15.4. The van der Waals surface area contributed by atoms with Crippen LogP contribution in [-0.4, -0.2) is 31.7 Å². The monoisotopic (exact) mass is 363 g/mol. The third-order valence-corrected chi connectivity index (χ3v) is 4.82. The highest BCUT2D eigenvalue weighted by atomic mass is 79.9. The van der Waals surface area contributed by atoms with E-state index in [9.17, 15) is 0 Å². The van der Waals surface area contributed by atoms with Crippen molar-refractivity contribution in [3.05, 3.63) is 40.1 Å². The summed E-state index contributed by atoms with van der Waals surface area (Å²) in [6.07, 6.45) is 4.72. The lowest BCUT2D eigenvalue weighted by Gasteiger charge is -2.24. The molecular weight excluding hydrogens is 342 g/mol. The average molecular weight is 364 g/mol. The molecule has 0 spiro atoms. The normalized spacial score (nSPS) is 18.9. The fourth-order valence-corrected chi connectivity index (χ4v) is 3.34. The molecule has 1 fully saturated rings. The van der Waals surface area contributed by atoms with Gasteiger partial charge in [-0.1, -0.05) is 41.4 Å². The van der Waals surface area contributed by atoms with Crippen molar-refractivity contribution in [3.63, 3.8) is 0 Å². The number of nitrogens with zero attached hydrogens (tertiary/aromatic N) is 5. The molecule has 1 aliphatic rings. The fourth-order valence-electron chi connectivity index (χ4n) is 3.08. The quantitative estimate of drug-likeness (QED) is 0.786. The molecule has 1 atom stereocenters. The molecule has 0 amide bonds. The number of benzene rings is 1. The number of hydrogen-bond donors (Lipinski definition) is 0. The molecule has 1 aromatic heterocycles. The maximum absolute atomic E-state index is 4.23. The van der Waals surface area contributed by atoms with Crippen LogP contribution in [0.2, 0.25) is 0 Å². The standard InChI is InChI=1S/C16H22BrN5/c1-2-3-11-22-16(18-19-20-22)12-21-10-4-5-15(21)13-6-8-14(17)9-7-13/h6-9,15H,2-5,10-12H2,1H3. The highest BCUT2D eigenvalue weighted by molar-refractivity contribution is 9.10. The number of aromatic nitrogens is 4. The molecule has 118 valence electrons. The van der Waals surface area contributed by atoms with Crippen LogP contribution in [0.15, 0.2) is 28.7 Å². The smallest absolute Gasteiger partial charge is 0.165 e. The number of unbranched alkanes of at least 4 members (excludes halogenated alkanes) is 1. The Hall–Kier alpha value is -1.27. The van der Waals surface area contributed by atoms with Crippen molar-refractivity contribution >= 4 is 15.9 Å². The van der Waals surface area contributed by atoms with Gasteiger partial charge in [0.15, 0.2) is 5.82 Å².